The second-order valence-electron chi connectivity index (χ2n) is 3.40. The van der Waals surface area contributed by atoms with Crippen LogP contribution in [-0.2, 0) is 6.54 Å². The number of thiophene rings is 1. The van der Waals surface area contributed by atoms with Gasteiger partial charge in [-0.2, -0.15) is 0 Å². The highest BCUT2D eigenvalue weighted by molar-refractivity contribution is 7.10. The first-order chi connectivity index (χ1) is 7.22. The van der Waals surface area contributed by atoms with E-state index in [1.807, 2.05) is 0 Å². The summed E-state index contributed by atoms with van der Waals surface area (Å²) in [5, 5.41) is 2.06. The van der Waals surface area contributed by atoms with Gasteiger partial charge in [0.25, 0.3) is 0 Å². The van der Waals surface area contributed by atoms with Crippen molar-refractivity contribution < 1.29 is 4.39 Å². The highest BCUT2D eigenvalue weighted by Crippen LogP contribution is 2.32. The Hall–Kier alpha value is -1.19. The Balaban J connectivity index is 2.52. The molecule has 1 nitrogen and oxygen atoms in total. The first kappa shape index (κ1) is 10.3. The van der Waals surface area contributed by atoms with E-state index >= 15 is 0 Å². The zero-order valence-electron chi connectivity index (χ0n) is 8.46. The fourth-order valence-electron chi connectivity index (χ4n) is 1.66. The van der Waals surface area contributed by atoms with Gasteiger partial charge in [0.05, 0.1) is 0 Å². The third-order valence-corrected chi connectivity index (χ3v) is 3.36. The summed E-state index contributed by atoms with van der Waals surface area (Å²) in [6.45, 7) is 2.58. The Morgan fingerprint density at radius 1 is 1.27 bits per heavy atom. The van der Waals surface area contributed by atoms with Crippen LogP contribution in [0.15, 0.2) is 29.6 Å². The molecule has 1 aromatic heterocycles. The fraction of sp³-hybridized carbons (Fsp3) is 0.167. The summed E-state index contributed by atoms with van der Waals surface area (Å²) in [6.07, 6.45) is 0. The number of rotatable bonds is 2. The number of hydrogen-bond acceptors (Lipinski definition) is 2. The molecular weight excluding hydrogens is 209 g/mol. The fourth-order valence-corrected chi connectivity index (χ4v) is 2.56. The average Bonchev–Trinajstić information content (AvgIpc) is 2.61. The lowest BCUT2D eigenvalue weighted by Crippen LogP contribution is -1.96. The van der Waals surface area contributed by atoms with Crippen molar-refractivity contribution in [3.8, 4) is 11.1 Å². The predicted octanol–water partition coefficient (Wildman–Crippen LogP) is 3.32. The monoisotopic (exact) mass is 221 g/mol. The van der Waals surface area contributed by atoms with Crippen molar-refractivity contribution in [2.24, 2.45) is 5.73 Å². The largest absolute Gasteiger partial charge is 0.326 e. The zero-order chi connectivity index (χ0) is 10.8. The van der Waals surface area contributed by atoms with Gasteiger partial charge in [0.2, 0.25) is 0 Å². The number of aryl methyl sites for hydroxylation is 1. The van der Waals surface area contributed by atoms with Crippen LogP contribution < -0.4 is 5.73 Å². The topological polar surface area (TPSA) is 26.0 Å². The van der Waals surface area contributed by atoms with Crippen LogP contribution in [0.5, 0.6) is 0 Å². The van der Waals surface area contributed by atoms with Crippen molar-refractivity contribution >= 4 is 11.3 Å². The van der Waals surface area contributed by atoms with Crippen LogP contribution in [0.4, 0.5) is 4.39 Å². The Bertz CT molecular complexity index is 459. The lowest BCUT2D eigenvalue weighted by molar-refractivity contribution is 0.628. The molecule has 1 heterocycles. The highest BCUT2D eigenvalue weighted by atomic mass is 32.1. The van der Waals surface area contributed by atoms with Crippen LogP contribution in [0, 0.1) is 12.7 Å². The molecule has 0 aliphatic heterocycles. The molecule has 15 heavy (non-hydrogen) atoms. The molecule has 78 valence electrons. The molecule has 0 unspecified atom stereocenters. The Morgan fingerprint density at radius 3 is 2.53 bits per heavy atom. The molecule has 0 atom stereocenters. The van der Waals surface area contributed by atoms with Gasteiger partial charge >= 0.3 is 0 Å². The van der Waals surface area contributed by atoms with Crippen LogP contribution in [0.1, 0.15) is 10.4 Å². The molecule has 1 aromatic carbocycles. The number of nitrogens with two attached hydrogens (primary N) is 1. The van der Waals surface area contributed by atoms with Crippen molar-refractivity contribution in [2.45, 2.75) is 13.5 Å². The summed E-state index contributed by atoms with van der Waals surface area (Å²) in [5.41, 5.74) is 8.99. The molecule has 0 fully saturated rings. The summed E-state index contributed by atoms with van der Waals surface area (Å²) in [6, 6.07) is 6.55. The molecule has 2 aromatic rings. The van der Waals surface area contributed by atoms with E-state index in [0.717, 1.165) is 16.7 Å². The quantitative estimate of drug-likeness (QED) is 0.827. The van der Waals surface area contributed by atoms with Gasteiger partial charge < -0.3 is 5.73 Å². The predicted molar refractivity (Wildman–Crippen MR) is 62.3 cm³/mol. The molecular formula is C12H12FNS. The van der Waals surface area contributed by atoms with E-state index in [1.54, 1.807) is 23.5 Å². The molecule has 3 heteroatoms. The number of benzene rings is 1. The van der Waals surface area contributed by atoms with Gasteiger partial charge in [0.15, 0.2) is 0 Å². The normalized spacial score (nSPS) is 10.6. The second kappa shape index (κ2) is 4.13. The molecule has 0 aliphatic carbocycles. The zero-order valence-corrected chi connectivity index (χ0v) is 9.27. The second-order valence-corrected chi connectivity index (χ2v) is 4.49. The Kier molecular flexibility index (Phi) is 2.84. The first-order valence-electron chi connectivity index (χ1n) is 4.75. The van der Waals surface area contributed by atoms with Crippen molar-refractivity contribution in [2.75, 3.05) is 0 Å². The van der Waals surface area contributed by atoms with E-state index in [2.05, 4.69) is 12.3 Å². The molecule has 0 saturated carbocycles. The molecule has 2 rings (SSSR count). The molecule has 0 spiro atoms. The summed E-state index contributed by atoms with van der Waals surface area (Å²) in [4.78, 5) is 1.22. The van der Waals surface area contributed by atoms with Crippen LogP contribution in [-0.4, -0.2) is 0 Å². The Labute approximate surface area is 92.4 Å². The minimum absolute atomic E-state index is 0.207. The van der Waals surface area contributed by atoms with Gasteiger partial charge in [-0.25, -0.2) is 4.39 Å². The lowest BCUT2D eigenvalue weighted by atomic mass is 10.0. The molecule has 2 N–H and O–H groups in total. The molecule has 0 aliphatic rings. The summed E-state index contributed by atoms with van der Waals surface area (Å²) in [7, 11) is 0. The average molecular weight is 221 g/mol. The van der Waals surface area contributed by atoms with Gasteiger partial charge in [-0.05, 0) is 41.1 Å². The van der Waals surface area contributed by atoms with E-state index in [-0.39, 0.29) is 5.82 Å². The van der Waals surface area contributed by atoms with Crippen LogP contribution in [0.2, 0.25) is 0 Å². The van der Waals surface area contributed by atoms with Crippen molar-refractivity contribution in [1.29, 1.82) is 0 Å². The van der Waals surface area contributed by atoms with Gasteiger partial charge in [0, 0.05) is 11.4 Å². The maximum Gasteiger partial charge on any atom is 0.123 e. The maximum absolute atomic E-state index is 12.8. The van der Waals surface area contributed by atoms with Gasteiger partial charge in [-0.3, -0.25) is 0 Å². The minimum Gasteiger partial charge on any atom is -0.326 e. The summed E-state index contributed by atoms with van der Waals surface area (Å²) >= 11 is 1.68. The van der Waals surface area contributed by atoms with Crippen LogP contribution in [0.3, 0.4) is 0 Å². The van der Waals surface area contributed by atoms with E-state index in [0.29, 0.717) is 6.54 Å². The van der Waals surface area contributed by atoms with Crippen LogP contribution >= 0.6 is 11.3 Å². The smallest absolute Gasteiger partial charge is 0.123 e. The van der Waals surface area contributed by atoms with Crippen molar-refractivity contribution in [3.63, 3.8) is 0 Å². The van der Waals surface area contributed by atoms with Gasteiger partial charge in [-0.15, -0.1) is 11.3 Å². The molecule has 0 bridgehead atoms. The van der Waals surface area contributed by atoms with Gasteiger partial charge in [-0.1, -0.05) is 12.1 Å². The van der Waals surface area contributed by atoms with E-state index in [4.69, 9.17) is 5.73 Å². The third kappa shape index (κ3) is 1.94. The minimum atomic E-state index is -0.207. The van der Waals surface area contributed by atoms with E-state index < -0.39 is 0 Å². The summed E-state index contributed by atoms with van der Waals surface area (Å²) < 4.78 is 12.8. The van der Waals surface area contributed by atoms with E-state index in [9.17, 15) is 4.39 Å². The SMILES string of the molecule is Cc1scc(CN)c1-c1ccc(F)cc1. The van der Waals surface area contributed by atoms with E-state index in [1.165, 1.54) is 17.0 Å². The standard InChI is InChI=1S/C12H12FNS/c1-8-12(10(6-14)7-15-8)9-2-4-11(13)5-3-9/h2-5,7H,6,14H2,1H3. The van der Waals surface area contributed by atoms with Gasteiger partial charge in [0.1, 0.15) is 5.82 Å². The summed E-state index contributed by atoms with van der Waals surface area (Å²) in [5.74, 6) is -0.207. The lowest BCUT2D eigenvalue weighted by Gasteiger charge is -2.04. The third-order valence-electron chi connectivity index (χ3n) is 2.40. The first-order valence-corrected chi connectivity index (χ1v) is 5.63. The van der Waals surface area contributed by atoms with Crippen molar-refractivity contribution in [3.05, 3.63) is 45.9 Å². The molecule has 0 radical (unpaired) electrons. The van der Waals surface area contributed by atoms with Crippen molar-refractivity contribution in [1.82, 2.24) is 0 Å². The number of hydrogen-bond donors (Lipinski definition) is 1. The molecule has 0 saturated heterocycles. The molecule has 0 amide bonds. The van der Waals surface area contributed by atoms with Crippen LogP contribution in [0.25, 0.3) is 11.1 Å². The number of halogens is 1. The maximum atomic E-state index is 12.8. The Morgan fingerprint density at radius 2 is 1.93 bits per heavy atom. The highest BCUT2D eigenvalue weighted by Gasteiger charge is 2.09.